The fourth-order valence-electron chi connectivity index (χ4n) is 2.00. The van der Waals surface area contributed by atoms with Gasteiger partial charge < -0.3 is 15.3 Å². The molecule has 1 unspecified atom stereocenters. The summed E-state index contributed by atoms with van der Waals surface area (Å²) >= 11 is 0.243. The molecule has 26 heavy (non-hydrogen) atoms. The van der Waals surface area contributed by atoms with Gasteiger partial charge in [-0.3, -0.25) is 14.2 Å². The Morgan fingerprint density at radius 3 is 3.42 bits per heavy atom. The summed E-state index contributed by atoms with van der Waals surface area (Å²) in [6.07, 6.45) is -9.35. The quantitative estimate of drug-likeness (QED) is 0.777. The van der Waals surface area contributed by atoms with Gasteiger partial charge in [0.1, 0.15) is 10.3 Å². The first-order chi connectivity index (χ1) is 20.1. The topological polar surface area (TPSA) is 87.5 Å². The van der Waals surface area contributed by atoms with Gasteiger partial charge in [0.05, 0.1) is 6.86 Å². The maximum absolute atomic E-state index is 13.4. The Balaban J connectivity index is 2.19. The molecule has 0 saturated carbocycles. The zero-order valence-electron chi connectivity index (χ0n) is 33.2. The Kier molecular flexibility index (Phi) is 1.90. The first kappa shape index (κ1) is 6.04. The van der Waals surface area contributed by atoms with Crippen molar-refractivity contribution in [3.8, 4) is 5.75 Å². The molecule has 0 spiro atoms. The molecule has 0 aromatic carbocycles. The predicted octanol–water partition coefficient (Wildman–Crippen LogP) is 2.04. The summed E-state index contributed by atoms with van der Waals surface area (Å²) in [6, 6.07) is 0. The van der Waals surface area contributed by atoms with Crippen LogP contribution in [0.4, 0.5) is 0 Å². The molecule has 0 bridgehead atoms. The third-order valence-electron chi connectivity index (χ3n) is 3.10. The molecule has 1 fully saturated rings. The number of piperidine rings is 1. The summed E-state index contributed by atoms with van der Waals surface area (Å²) < 4.78 is 160. The van der Waals surface area contributed by atoms with Crippen molar-refractivity contribution in [2.45, 2.75) is 39.4 Å². The summed E-state index contributed by atoms with van der Waals surface area (Å²) in [5, 5.41) is 9.98. The van der Waals surface area contributed by atoms with Gasteiger partial charge in [0.25, 0.3) is 11.5 Å². The van der Waals surface area contributed by atoms with Crippen molar-refractivity contribution in [1.82, 2.24) is 19.8 Å². The highest BCUT2D eigenvalue weighted by atomic mass is 32.1. The van der Waals surface area contributed by atoms with Gasteiger partial charge >= 0.3 is 0 Å². The van der Waals surface area contributed by atoms with Gasteiger partial charge in [-0.1, -0.05) is 6.92 Å². The van der Waals surface area contributed by atoms with Gasteiger partial charge in [-0.05, 0) is 44.9 Å². The van der Waals surface area contributed by atoms with Crippen LogP contribution in [-0.2, 0) is 6.50 Å². The van der Waals surface area contributed by atoms with E-state index in [9.17, 15) is 14.7 Å². The lowest BCUT2D eigenvalue weighted by molar-refractivity contribution is 0.0945. The first-order valence-electron chi connectivity index (χ1n) is 16.9. The predicted molar refractivity (Wildman–Crippen MR) is 103 cm³/mol. The SMILES string of the molecule is [2H]c1nc2c(s1)c(O)c(C(=O)N([2H])C([2H])([2H])CC([2H])([2H])N1C([2H])([2H])C([2H])([2H])C([2H])([2H])C([2H])(C)C1([2H])[2H])c(=O)n2C([2H])([2H])C([2H])([2H])[2H]. The van der Waals surface area contributed by atoms with Crippen LogP contribution in [0.5, 0.6) is 5.75 Å². The van der Waals surface area contributed by atoms with E-state index in [-0.39, 0.29) is 15.9 Å². The average molecular weight is 399 g/mol. The third-order valence-corrected chi connectivity index (χ3v) is 3.87. The third kappa shape index (κ3) is 3.76. The molecule has 1 saturated heterocycles. The van der Waals surface area contributed by atoms with E-state index < -0.39 is 113 Å². The Bertz CT molecular complexity index is 1600. The summed E-state index contributed by atoms with van der Waals surface area (Å²) in [5.41, 5.74) is -5.11. The number of hydrogen-bond acceptors (Lipinski definition) is 6. The Labute approximate surface area is 184 Å². The van der Waals surface area contributed by atoms with Crippen LogP contribution in [0.1, 0.15) is 69.3 Å². The number of rotatable bonds is 6. The monoisotopic (exact) mass is 398 g/mol. The standard InChI is InChI=1S/C18H26N4O3S/c1-3-22-16-15(26-11-20-16)14(23)13(18(22)25)17(24)19-7-5-9-21-8-4-6-12(2)10-21/h11-12,23H,3-10H2,1-2H3,(H,19,24)/i1D3,3D2,4D2,6D2,7D2,8D2,9D2,10D2,11D,12D/hD. The smallest absolute Gasteiger partial charge is 0.268 e. The fraction of sp³-hybridized carbons (Fsp3) is 0.611. The van der Waals surface area contributed by atoms with Gasteiger partial charge in [-0.25, -0.2) is 4.98 Å². The van der Waals surface area contributed by atoms with E-state index in [1.807, 2.05) is 0 Å². The second-order valence-electron chi connectivity index (χ2n) is 4.78. The molecule has 0 radical (unpaired) electrons. The van der Waals surface area contributed by atoms with Crippen molar-refractivity contribution in [2.75, 3.05) is 26.0 Å². The van der Waals surface area contributed by atoms with Crippen LogP contribution in [0.25, 0.3) is 10.3 Å². The van der Waals surface area contributed by atoms with Crippen LogP contribution in [0.2, 0.25) is 1.41 Å². The molecule has 2 aromatic rings. The van der Waals surface area contributed by atoms with Gasteiger partial charge in [0, 0.05) is 44.2 Å². The normalized spacial score (nSPS) is 42.3. The van der Waals surface area contributed by atoms with Crippen LogP contribution in [-0.4, -0.2) is 51.5 Å². The van der Waals surface area contributed by atoms with E-state index in [1.54, 1.807) is 0 Å². The van der Waals surface area contributed by atoms with Gasteiger partial charge in [-0.15, -0.1) is 11.3 Å². The number of pyridine rings is 1. The number of carbonyl (C=O) groups is 1. The molecule has 3 heterocycles. The molecule has 1 amide bonds. The molecule has 7 nitrogen and oxygen atoms in total. The van der Waals surface area contributed by atoms with Gasteiger partial charge in [-0.2, -0.15) is 0 Å². The number of amides is 1. The second-order valence-corrected chi connectivity index (χ2v) is 5.57. The van der Waals surface area contributed by atoms with E-state index in [0.717, 1.165) is 0 Å². The van der Waals surface area contributed by atoms with Crippen LogP contribution >= 0.6 is 11.3 Å². The molecule has 0 aliphatic carbocycles. The second kappa shape index (κ2) is 8.18. The lowest BCUT2D eigenvalue weighted by atomic mass is 10.0. The molecule has 8 heteroatoms. The number of carbonyl (C=O) groups excluding carboxylic acids is 1. The molecule has 142 valence electrons. The van der Waals surface area contributed by atoms with E-state index in [4.69, 9.17) is 27.5 Å². The molecule has 1 aliphatic rings. The van der Waals surface area contributed by atoms with E-state index in [0.29, 0.717) is 6.92 Å². The number of nitrogens with zero attached hydrogens (tertiary/aromatic N) is 3. The Hall–Kier alpha value is -1.93. The maximum Gasteiger partial charge on any atom is 0.268 e. The molecule has 3 rings (SSSR count). The Morgan fingerprint density at radius 1 is 1.77 bits per heavy atom. The highest BCUT2D eigenvalue weighted by Crippen LogP contribution is 2.29. The molecular weight excluding hydrogens is 352 g/mol. The van der Waals surface area contributed by atoms with Crippen LogP contribution in [0.3, 0.4) is 0 Å². The molecule has 2 N–H and O–H groups in total. The van der Waals surface area contributed by atoms with Gasteiger partial charge in [0.2, 0.25) is 0 Å². The van der Waals surface area contributed by atoms with Crippen LogP contribution in [0.15, 0.2) is 10.3 Å². The highest BCUT2D eigenvalue weighted by Gasteiger charge is 2.23. The molecular formula is C18H26N4O3S. The average Bonchev–Trinajstić information content (AvgIpc) is 3.21. The summed E-state index contributed by atoms with van der Waals surface area (Å²) in [7, 11) is 0. The minimum absolute atomic E-state index is 0.193. The number of fused-ring (bicyclic) bond motifs is 1. The van der Waals surface area contributed by atoms with E-state index in [1.165, 1.54) is 0 Å². The van der Waals surface area contributed by atoms with E-state index in [2.05, 4.69) is 4.98 Å². The van der Waals surface area contributed by atoms with E-state index >= 15 is 0 Å². The van der Waals surface area contributed by atoms with Crippen LogP contribution < -0.4 is 10.9 Å². The molecule has 1 atom stereocenters. The molecule has 2 aromatic heterocycles. The number of thiazole rings is 1. The van der Waals surface area contributed by atoms with Crippen molar-refractivity contribution >= 4 is 27.6 Å². The number of nitrogens with one attached hydrogen (secondary N) is 1. The lowest BCUT2D eigenvalue weighted by Crippen LogP contribution is -2.37. The zero-order valence-corrected chi connectivity index (χ0v) is 14.0. The van der Waals surface area contributed by atoms with Gasteiger partial charge in [0.15, 0.2) is 12.8 Å². The number of aromatic hydroxyl groups is 1. The fourth-order valence-corrected chi connectivity index (χ4v) is 2.65. The largest absolute Gasteiger partial charge is 0.505 e. The van der Waals surface area contributed by atoms with Crippen molar-refractivity contribution in [1.29, 1.82) is 0 Å². The van der Waals surface area contributed by atoms with Crippen molar-refractivity contribution in [2.24, 2.45) is 5.89 Å². The minimum atomic E-state index is -3.95. The zero-order chi connectivity index (χ0) is 36.4. The Morgan fingerprint density at radius 2 is 2.62 bits per heavy atom. The first-order valence-corrected chi connectivity index (χ1v) is 7.80. The number of aryl methyl sites for hydroxylation is 1. The summed E-state index contributed by atoms with van der Waals surface area (Å²) in [5.74, 6) is -6.74. The van der Waals surface area contributed by atoms with Crippen LogP contribution in [0, 0.1) is 5.89 Å². The van der Waals surface area contributed by atoms with Crippen molar-refractivity contribution < 1.29 is 37.4 Å². The number of aromatic nitrogens is 2. The molecule has 1 aliphatic heterocycles. The summed E-state index contributed by atoms with van der Waals surface area (Å²) in [4.78, 5) is 29.7. The number of likely N-dealkylation sites (tertiary alicyclic amines) is 1. The summed E-state index contributed by atoms with van der Waals surface area (Å²) in [6.45, 7) is -22.0. The minimum Gasteiger partial charge on any atom is -0.505 e. The highest BCUT2D eigenvalue weighted by molar-refractivity contribution is 7.17. The van der Waals surface area contributed by atoms with Crippen molar-refractivity contribution in [3.63, 3.8) is 0 Å². The van der Waals surface area contributed by atoms with Crippen molar-refractivity contribution in [3.05, 3.63) is 21.4 Å². The lowest BCUT2D eigenvalue weighted by Gasteiger charge is -2.30. The maximum atomic E-state index is 13.4. The number of hydrogen-bond donors (Lipinski definition) is 2.